The molecule has 0 spiro atoms. The second-order valence-electron chi connectivity index (χ2n) is 4.53. The zero-order valence-corrected chi connectivity index (χ0v) is 11.6. The molecular formula is C15H16N4O. The third-order valence-corrected chi connectivity index (χ3v) is 3.12. The maximum absolute atomic E-state index is 5.35. The SMILES string of the molecule is CCCn1cnc2c(OC)nc(-c3ccccc3)nc21. The molecule has 1 aromatic carbocycles. The largest absolute Gasteiger partial charge is 0.479 e. The van der Waals surface area contributed by atoms with Crippen LogP contribution in [0.25, 0.3) is 22.6 Å². The van der Waals surface area contributed by atoms with Crippen molar-refractivity contribution in [3.05, 3.63) is 36.7 Å². The summed E-state index contributed by atoms with van der Waals surface area (Å²) in [5.41, 5.74) is 2.50. The summed E-state index contributed by atoms with van der Waals surface area (Å²) in [5.74, 6) is 1.18. The topological polar surface area (TPSA) is 52.8 Å². The fourth-order valence-electron chi connectivity index (χ4n) is 2.18. The van der Waals surface area contributed by atoms with E-state index in [0.29, 0.717) is 17.2 Å². The van der Waals surface area contributed by atoms with Crippen LogP contribution in [-0.4, -0.2) is 26.6 Å². The minimum Gasteiger partial charge on any atom is -0.479 e. The van der Waals surface area contributed by atoms with Gasteiger partial charge < -0.3 is 9.30 Å². The van der Waals surface area contributed by atoms with Gasteiger partial charge in [-0.1, -0.05) is 37.3 Å². The number of benzene rings is 1. The Morgan fingerprint density at radius 3 is 2.65 bits per heavy atom. The maximum atomic E-state index is 5.35. The first-order chi connectivity index (χ1) is 9.83. The van der Waals surface area contributed by atoms with Crippen molar-refractivity contribution < 1.29 is 4.74 Å². The van der Waals surface area contributed by atoms with E-state index in [1.165, 1.54) is 0 Å². The van der Waals surface area contributed by atoms with Crippen LogP contribution in [0.1, 0.15) is 13.3 Å². The molecule has 0 radical (unpaired) electrons. The number of ether oxygens (including phenoxy) is 1. The number of fused-ring (bicyclic) bond motifs is 1. The van der Waals surface area contributed by atoms with E-state index in [9.17, 15) is 0 Å². The molecule has 0 amide bonds. The first-order valence-electron chi connectivity index (χ1n) is 6.65. The minimum absolute atomic E-state index is 0.517. The molecule has 0 atom stereocenters. The van der Waals surface area contributed by atoms with Gasteiger partial charge in [-0.15, -0.1) is 0 Å². The van der Waals surface area contributed by atoms with Crippen LogP contribution in [0.3, 0.4) is 0 Å². The first kappa shape index (κ1) is 12.6. The highest BCUT2D eigenvalue weighted by Gasteiger charge is 2.14. The van der Waals surface area contributed by atoms with Gasteiger partial charge in [0.05, 0.1) is 13.4 Å². The van der Waals surface area contributed by atoms with E-state index in [1.54, 1.807) is 13.4 Å². The number of methoxy groups -OCH3 is 1. The number of aromatic nitrogens is 4. The summed E-state index contributed by atoms with van der Waals surface area (Å²) in [7, 11) is 1.61. The number of nitrogens with zero attached hydrogens (tertiary/aromatic N) is 4. The third-order valence-electron chi connectivity index (χ3n) is 3.12. The molecule has 0 bridgehead atoms. The van der Waals surface area contributed by atoms with Gasteiger partial charge in [-0.2, -0.15) is 4.98 Å². The van der Waals surface area contributed by atoms with E-state index in [0.717, 1.165) is 24.2 Å². The average Bonchev–Trinajstić information content (AvgIpc) is 2.91. The van der Waals surface area contributed by atoms with Gasteiger partial charge in [-0.25, -0.2) is 9.97 Å². The summed E-state index contributed by atoms with van der Waals surface area (Å²) in [6, 6.07) is 9.89. The lowest BCUT2D eigenvalue weighted by Crippen LogP contribution is -2.00. The maximum Gasteiger partial charge on any atom is 0.245 e. The van der Waals surface area contributed by atoms with Crippen LogP contribution < -0.4 is 4.74 Å². The molecule has 102 valence electrons. The number of hydrogen-bond donors (Lipinski definition) is 0. The molecule has 0 saturated carbocycles. The molecule has 2 aromatic heterocycles. The lowest BCUT2D eigenvalue weighted by molar-refractivity contribution is 0.402. The smallest absolute Gasteiger partial charge is 0.245 e. The van der Waals surface area contributed by atoms with Crippen LogP contribution in [0.4, 0.5) is 0 Å². The van der Waals surface area contributed by atoms with Gasteiger partial charge in [-0.3, -0.25) is 0 Å². The molecule has 3 aromatic rings. The number of aryl methyl sites for hydroxylation is 1. The highest BCUT2D eigenvalue weighted by molar-refractivity contribution is 5.79. The predicted octanol–water partition coefficient (Wildman–Crippen LogP) is 2.91. The Hall–Kier alpha value is -2.43. The Morgan fingerprint density at radius 2 is 1.95 bits per heavy atom. The van der Waals surface area contributed by atoms with E-state index in [1.807, 2.05) is 34.9 Å². The monoisotopic (exact) mass is 268 g/mol. The fraction of sp³-hybridized carbons (Fsp3) is 0.267. The van der Waals surface area contributed by atoms with Crippen molar-refractivity contribution in [3.8, 4) is 17.3 Å². The molecule has 0 unspecified atom stereocenters. The Bertz CT molecular complexity index is 721. The molecule has 0 saturated heterocycles. The first-order valence-corrected chi connectivity index (χ1v) is 6.65. The minimum atomic E-state index is 0.517. The molecule has 5 nitrogen and oxygen atoms in total. The van der Waals surface area contributed by atoms with E-state index >= 15 is 0 Å². The van der Waals surface area contributed by atoms with Crippen molar-refractivity contribution in [2.24, 2.45) is 0 Å². The summed E-state index contributed by atoms with van der Waals surface area (Å²) < 4.78 is 7.39. The summed E-state index contributed by atoms with van der Waals surface area (Å²) in [6.07, 6.45) is 2.82. The Balaban J connectivity index is 2.21. The summed E-state index contributed by atoms with van der Waals surface area (Å²) in [5, 5.41) is 0. The summed E-state index contributed by atoms with van der Waals surface area (Å²) in [4.78, 5) is 13.5. The molecule has 0 aliphatic heterocycles. The average molecular weight is 268 g/mol. The Labute approximate surface area is 117 Å². The number of hydrogen-bond acceptors (Lipinski definition) is 4. The van der Waals surface area contributed by atoms with Gasteiger partial charge in [0.15, 0.2) is 17.0 Å². The standard InChI is InChI=1S/C15H16N4O/c1-3-9-19-10-16-12-14(19)17-13(18-15(12)20-2)11-7-5-4-6-8-11/h4-8,10H,3,9H2,1-2H3. The number of rotatable bonds is 4. The lowest BCUT2D eigenvalue weighted by atomic mass is 10.2. The lowest BCUT2D eigenvalue weighted by Gasteiger charge is -2.06. The van der Waals surface area contributed by atoms with E-state index in [4.69, 9.17) is 4.74 Å². The van der Waals surface area contributed by atoms with Crippen LogP contribution in [0.2, 0.25) is 0 Å². The van der Waals surface area contributed by atoms with Gasteiger partial charge in [0.25, 0.3) is 0 Å². The molecule has 0 aliphatic rings. The Morgan fingerprint density at radius 1 is 1.15 bits per heavy atom. The van der Waals surface area contributed by atoms with Crippen molar-refractivity contribution in [3.63, 3.8) is 0 Å². The van der Waals surface area contributed by atoms with Crippen LogP contribution in [0.5, 0.6) is 5.88 Å². The van der Waals surface area contributed by atoms with Crippen molar-refractivity contribution >= 4 is 11.2 Å². The molecule has 0 N–H and O–H groups in total. The van der Waals surface area contributed by atoms with E-state index < -0.39 is 0 Å². The zero-order chi connectivity index (χ0) is 13.9. The quantitative estimate of drug-likeness (QED) is 0.730. The number of imidazole rings is 1. The van der Waals surface area contributed by atoms with Gasteiger partial charge in [0.1, 0.15) is 0 Å². The molecular weight excluding hydrogens is 252 g/mol. The van der Waals surface area contributed by atoms with Crippen molar-refractivity contribution in [2.45, 2.75) is 19.9 Å². The van der Waals surface area contributed by atoms with Crippen molar-refractivity contribution in [2.75, 3.05) is 7.11 Å². The van der Waals surface area contributed by atoms with Gasteiger partial charge >= 0.3 is 0 Å². The second-order valence-corrected chi connectivity index (χ2v) is 4.53. The molecule has 20 heavy (non-hydrogen) atoms. The summed E-state index contributed by atoms with van der Waals surface area (Å²) >= 11 is 0. The second kappa shape index (κ2) is 5.28. The van der Waals surface area contributed by atoms with Crippen LogP contribution in [0.15, 0.2) is 36.7 Å². The third kappa shape index (κ3) is 2.11. The molecule has 2 heterocycles. The van der Waals surface area contributed by atoms with Crippen molar-refractivity contribution in [1.82, 2.24) is 19.5 Å². The van der Waals surface area contributed by atoms with Gasteiger partial charge in [0, 0.05) is 12.1 Å². The zero-order valence-electron chi connectivity index (χ0n) is 11.6. The van der Waals surface area contributed by atoms with Crippen LogP contribution in [0, 0.1) is 0 Å². The van der Waals surface area contributed by atoms with Crippen LogP contribution in [-0.2, 0) is 6.54 Å². The highest BCUT2D eigenvalue weighted by Crippen LogP contribution is 2.25. The summed E-state index contributed by atoms with van der Waals surface area (Å²) in [6.45, 7) is 3.01. The van der Waals surface area contributed by atoms with Gasteiger partial charge in [0.2, 0.25) is 5.88 Å². The van der Waals surface area contributed by atoms with Crippen molar-refractivity contribution in [1.29, 1.82) is 0 Å². The van der Waals surface area contributed by atoms with E-state index in [2.05, 4.69) is 21.9 Å². The highest BCUT2D eigenvalue weighted by atomic mass is 16.5. The normalized spacial score (nSPS) is 10.9. The predicted molar refractivity (Wildman–Crippen MR) is 77.6 cm³/mol. The van der Waals surface area contributed by atoms with Gasteiger partial charge in [-0.05, 0) is 6.42 Å². The molecule has 0 fully saturated rings. The fourth-order valence-corrected chi connectivity index (χ4v) is 2.18. The Kier molecular flexibility index (Phi) is 3.33. The van der Waals surface area contributed by atoms with Crippen LogP contribution >= 0.6 is 0 Å². The molecule has 3 rings (SSSR count). The van der Waals surface area contributed by atoms with E-state index in [-0.39, 0.29) is 0 Å². The molecule has 5 heteroatoms. The molecule has 0 aliphatic carbocycles.